The summed E-state index contributed by atoms with van der Waals surface area (Å²) >= 11 is 0. The Morgan fingerprint density at radius 3 is 2.50 bits per heavy atom. The zero-order chi connectivity index (χ0) is 23.9. The van der Waals surface area contributed by atoms with Gasteiger partial charge in [-0.15, -0.1) is 0 Å². The number of benzene rings is 1. The Hall–Kier alpha value is -3.53. The largest absolute Gasteiger partial charge is 0.471 e. The quantitative estimate of drug-likeness (QED) is 0.417. The van der Waals surface area contributed by atoms with E-state index >= 15 is 0 Å². The third kappa shape index (κ3) is 4.21. The number of fused-ring (bicyclic) bond motifs is 1. The lowest BCUT2D eigenvalue weighted by atomic mass is 10.1. The number of aryl methyl sites for hydroxylation is 2. The SMILES string of the molecule is CCc1cnc(N2CCC(Oc3ncnc4c(-c5ccc(S(C)(=O)=O)cc5)cn(C)c34)C2)nc1. The molecule has 3 aromatic heterocycles. The molecule has 5 rings (SSSR count). The zero-order valence-corrected chi connectivity index (χ0v) is 20.2. The summed E-state index contributed by atoms with van der Waals surface area (Å²) in [5, 5.41) is 0. The summed E-state index contributed by atoms with van der Waals surface area (Å²) in [5.41, 5.74) is 4.44. The van der Waals surface area contributed by atoms with Crippen LogP contribution >= 0.6 is 0 Å². The van der Waals surface area contributed by atoms with Crippen LogP contribution in [0, 0.1) is 0 Å². The maximum Gasteiger partial charge on any atom is 0.242 e. The van der Waals surface area contributed by atoms with Crippen molar-refractivity contribution < 1.29 is 13.2 Å². The molecule has 0 N–H and O–H groups in total. The second-order valence-electron chi connectivity index (χ2n) is 8.55. The molecule has 4 aromatic rings. The average Bonchev–Trinajstić information content (AvgIpc) is 3.44. The lowest BCUT2D eigenvalue weighted by molar-refractivity contribution is 0.218. The molecule has 0 radical (unpaired) electrons. The lowest BCUT2D eigenvalue weighted by Crippen LogP contribution is -2.26. The third-order valence-electron chi connectivity index (χ3n) is 6.12. The van der Waals surface area contributed by atoms with Crippen molar-refractivity contribution >= 4 is 26.8 Å². The first-order chi connectivity index (χ1) is 16.3. The van der Waals surface area contributed by atoms with Crippen LogP contribution in [0.2, 0.25) is 0 Å². The number of nitrogens with zero attached hydrogens (tertiary/aromatic N) is 6. The van der Waals surface area contributed by atoms with Gasteiger partial charge in [-0.1, -0.05) is 19.1 Å². The molecule has 1 aliphatic heterocycles. The summed E-state index contributed by atoms with van der Waals surface area (Å²) in [6.07, 6.45) is 10.1. The van der Waals surface area contributed by atoms with Crippen molar-refractivity contribution in [1.29, 1.82) is 0 Å². The van der Waals surface area contributed by atoms with Crippen molar-refractivity contribution in [3.63, 3.8) is 0 Å². The third-order valence-corrected chi connectivity index (χ3v) is 7.25. The van der Waals surface area contributed by atoms with Gasteiger partial charge in [0.15, 0.2) is 9.84 Å². The predicted molar refractivity (Wildman–Crippen MR) is 130 cm³/mol. The Morgan fingerprint density at radius 1 is 1.09 bits per heavy atom. The molecule has 10 heteroatoms. The minimum Gasteiger partial charge on any atom is -0.471 e. The topological polar surface area (TPSA) is 103 Å². The van der Waals surface area contributed by atoms with Gasteiger partial charge in [-0.25, -0.2) is 23.4 Å². The van der Waals surface area contributed by atoms with Crippen LogP contribution in [0.4, 0.5) is 5.95 Å². The van der Waals surface area contributed by atoms with Gasteiger partial charge in [-0.3, -0.25) is 0 Å². The highest BCUT2D eigenvalue weighted by atomic mass is 32.2. The van der Waals surface area contributed by atoms with Crippen LogP contribution in [0.3, 0.4) is 0 Å². The Kier molecular flexibility index (Phi) is 5.68. The van der Waals surface area contributed by atoms with Gasteiger partial charge in [0, 0.05) is 50.4 Å². The molecule has 0 spiro atoms. The second-order valence-corrected chi connectivity index (χ2v) is 10.6. The van der Waals surface area contributed by atoms with Crippen molar-refractivity contribution in [2.24, 2.45) is 7.05 Å². The fourth-order valence-electron chi connectivity index (χ4n) is 4.23. The molecular formula is C24H26N6O3S. The molecule has 1 saturated heterocycles. The number of aromatic nitrogens is 5. The smallest absolute Gasteiger partial charge is 0.242 e. The highest BCUT2D eigenvalue weighted by Gasteiger charge is 2.27. The van der Waals surface area contributed by atoms with Gasteiger partial charge in [-0.05, 0) is 29.7 Å². The Morgan fingerprint density at radius 2 is 1.82 bits per heavy atom. The summed E-state index contributed by atoms with van der Waals surface area (Å²) in [4.78, 5) is 20.3. The van der Waals surface area contributed by atoms with E-state index in [-0.39, 0.29) is 11.0 Å². The lowest BCUT2D eigenvalue weighted by Gasteiger charge is -2.17. The molecule has 1 aliphatic rings. The van der Waals surface area contributed by atoms with Crippen LogP contribution in [0.5, 0.6) is 5.88 Å². The first kappa shape index (κ1) is 22.3. The van der Waals surface area contributed by atoms with Crippen LogP contribution < -0.4 is 9.64 Å². The fourth-order valence-corrected chi connectivity index (χ4v) is 4.86. The van der Waals surface area contributed by atoms with Gasteiger partial charge in [0.2, 0.25) is 11.8 Å². The second kappa shape index (κ2) is 8.68. The van der Waals surface area contributed by atoms with Crippen molar-refractivity contribution in [3.05, 3.63) is 54.7 Å². The summed E-state index contributed by atoms with van der Waals surface area (Å²) < 4.78 is 31.9. The van der Waals surface area contributed by atoms with Crippen LogP contribution in [0.25, 0.3) is 22.2 Å². The molecule has 34 heavy (non-hydrogen) atoms. The molecule has 0 aliphatic carbocycles. The van der Waals surface area contributed by atoms with Gasteiger partial charge in [0.25, 0.3) is 0 Å². The predicted octanol–water partition coefficient (Wildman–Crippen LogP) is 3.05. The molecule has 1 aromatic carbocycles. The molecule has 9 nitrogen and oxygen atoms in total. The summed E-state index contributed by atoms with van der Waals surface area (Å²) in [6, 6.07) is 6.83. The fraction of sp³-hybridized carbons (Fsp3) is 0.333. The van der Waals surface area contributed by atoms with Gasteiger partial charge >= 0.3 is 0 Å². The summed E-state index contributed by atoms with van der Waals surface area (Å²) in [7, 11) is -1.32. The molecule has 1 atom stereocenters. The summed E-state index contributed by atoms with van der Waals surface area (Å²) in [6.45, 7) is 3.58. The van der Waals surface area contributed by atoms with Crippen molar-refractivity contribution in [2.75, 3.05) is 24.2 Å². The van der Waals surface area contributed by atoms with Crippen LogP contribution in [-0.2, 0) is 23.3 Å². The first-order valence-corrected chi connectivity index (χ1v) is 13.1. The van der Waals surface area contributed by atoms with Crippen LogP contribution in [0.1, 0.15) is 18.9 Å². The number of hydrogen-bond acceptors (Lipinski definition) is 8. The average molecular weight is 479 g/mol. The molecular weight excluding hydrogens is 452 g/mol. The number of rotatable bonds is 6. The van der Waals surface area contributed by atoms with E-state index < -0.39 is 9.84 Å². The van der Waals surface area contributed by atoms with E-state index in [1.807, 2.05) is 30.2 Å². The Bertz CT molecular complexity index is 1430. The monoisotopic (exact) mass is 478 g/mol. The van der Waals surface area contributed by atoms with E-state index in [0.29, 0.717) is 12.4 Å². The van der Waals surface area contributed by atoms with Crippen molar-refractivity contribution in [3.8, 4) is 17.0 Å². The maximum absolute atomic E-state index is 11.8. The molecule has 176 valence electrons. The van der Waals surface area contributed by atoms with E-state index in [0.717, 1.165) is 53.1 Å². The molecule has 1 unspecified atom stereocenters. The number of hydrogen-bond donors (Lipinski definition) is 0. The minimum atomic E-state index is -3.25. The highest BCUT2D eigenvalue weighted by Crippen LogP contribution is 2.34. The highest BCUT2D eigenvalue weighted by molar-refractivity contribution is 7.90. The van der Waals surface area contributed by atoms with E-state index in [9.17, 15) is 8.42 Å². The van der Waals surface area contributed by atoms with Crippen molar-refractivity contribution in [2.45, 2.75) is 30.8 Å². The number of ether oxygens (including phenoxy) is 1. The van der Waals surface area contributed by atoms with Gasteiger partial charge < -0.3 is 14.2 Å². The minimum absolute atomic E-state index is 0.0417. The molecule has 1 fully saturated rings. The van der Waals surface area contributed by atoms with E-state index in [4.69, 9.17) is 4.74 Å². The van der Waals surface area contributed by atoms with Gasteiger partial charge in [0.1, 0.15) is 23.5 Å². The molecule has 0 bridgehead atoms. The molecule has 0 amide bonds. The maximum atomic E-state index is 11.8. The standard InChI is InChI=1S/C24H26N6O3S/c1-4-16-11-25-24(26-12-16)30-10-9-18(13-30)33-23-22-21(27-15-28-23)20(14-29(22)2)17-5-7-19(8-6-17)34(3,31)32/h5-8,11-12,14-15,18H,4,9-10,13H2,1-3H3. The molecule has 4 heterocycles. The van der Waals surface area contributed by atoms with Gasteiger partial charge in [0.05, 0.1) is 11.4 Å². The molecule has 0 saturated carbocycles. The Balaban J connectivity index is 1.39. The first-order valence-electron chi connectivity index (χ1n) is 11.2. The van der Waals surface area contributed by atoms with Crippen LogP contribution in [0.15, 0.2) is 54.1 Å². The van der Waals surface area contributed by atoms with E-state index in [2.05, 4.69) is 31.8 Å². The van der Waals surface area contributed by atoms with Crippen LogP contribution in [-0.4, -0.2) is 58.4 Å². The summed E-state index contributed by atoms with van der Waals surface area (Å²) in [5.74, 6) is 1.25. The van der Waals surface area contributed by atoms with Gasteiger partial charge in [-0.2, -0.15) is 4.98 Å². The number of sulfone groups is 1. The zero-order valence-electron chi connectivity index (χ0n) is 19.3. The number of anilines is 1. The van der Waals surface area contributed by atoms with Crippen molar-refractivity contribution in [1.82, 2.24) is 24.5 Å². The van der Waals surface area contributed by atoms with E-state index in [1.165, 1.54) is 12.6 Å². The van der Waals surface area contributed by atoms with E-state index in [1.54, 1.807) is 24.3 Å². The Labute approximate surface area is 198 Å². The normalized spacial score (nSPS) is 16.3.